The van der Waals surface area contributed by atoms with E-state index >= 15 is 0 Å². The number of carboxylic acids is 1. The van der Waals surface area contributed by atoms with Crippen LogP contribution in [0, 0.1) is 0 Å². The number of nitrogens with zero attached hydrogens (tertiary/aromatic N) is 1. The van der Waals surface area contributed by atoms with Crippen LogP contribution in [-0.4, -0.2) is 28.6 Å². The first kappa shape index (κ1) is 19.9. The zero-order valence-corrected chi connectivity index (χ0v) is 17.8. The van der Waals surface area contributed by atoms with E-state index in [0.29, 0.717) is 6.42 Å². The van der Waals surface area contributed by atoms with E-state index in [1.807, 2.05) is 36.4 Å². The maximum Gasteiger partial charge on any atom is 0.320 e. The first-order valence-electron chi connectivity index (χ1n) is 10.0. The summed E-state index contributed by atoms with van der Waals surface area (Å²) in [5.41, 5.74) is 4.56. The molecule has 3 nitrogen and oxygen atoms in total. The molecule has 0 radical (unpaired) electrons. The number of likely N-dealkylation sites (tertiary alicyclic amines) is 1. The van der Waals surface area contributed by atoms with Gasteiger partial charge >= 0.3 is 5.97 Å². The predicted molar refractivity (Wildman–Crippen MR) is 120 cm³/mol. The summed E-state index contributed by atoms with van der Waals surface area (Å²) in [5.74, 6) is -0.734. The third-order valence-corrected chi connectivity index (χ3v) is 6.42. The molecule has 1 N–H and O–H groups in total. The van der Waals surface area contributed by atoms with E-state index in [-0.39, 0.29) is 6.04 Å². The van der Waals surface area contributed by atoms with Crippen molar-refractivity contribution >= 4 is 21.9 Å². The van der Waals surface area contributed by atoms with Gasteiger partial charge in [0.1, 0.15) is 6.04 Å². The molecule has 2 atom stereocenters. The van der Waals surface area contributed by atoms with Gasteiger partial charge in [-0.25, -0.2) is 0 Å². The largest absolute Gasteiger partial charge is 0.480 e. The van der Waals surface area contributed by atoms with Crippen molar-refractivity contribution in [2.24, 2.45) is 0 Å². The normalized spacial score (nSPS) is 18.3. The maximum atomic E-state index is 12.0. The fourth-order valence-electron chi connectivity index (χ4n) is 4.26. The Labute approximate surface area is 180 Å². The summed E-state index contributed by atoms with van der Waals surface area (Å²) in [6.45, 7) is 0.781. The van der Waals surface area contributed by atoms with Crippen LogP contribution in [0.15, 0.2) is 83.3 Å². The minimum Gasteiger partial charge on any atom is -0.480 e. The topological polar surface area (TPSA) is 40.5 Å². The van der Waals surface area contributed by atoms with Crippen LogP contribution in [0.25, 0.3) is 11.1 Å². The van der Waals surface area contributed by atoms with E-state index in [9.17, 15) is 9.90 Å². The molecule has 0 aromatic heterocycles. The van der Waals surface area contributed by atoms with Gasteiger partial charge in [-0.1, -0.05) is 95.1 Å². The van der Waals surface area contributed by atoms with Gasteiger partial charge in [0.15, 0.2) is 0 Å². The molecule has 0 saturated carbocycles. The minimum atomic E-state index is -0.734. The number of piperidine rings is 1. The molecule has 3 aromatic rings. The Kier molecular flexibility index (Phi) is 6.12. The average molecular weight is 450 g/mol. The summed E-state index contributed by atoms with van der Waals surface area (Å²) in [4.78, 5) is 14.2. The van der Waals surface area contributed by atoms with Crippen LogP contribution in [0.4, 0.5) is 0 Å². The molecule has 0 spiro atoms. The van der Waals surface area contributed by atoms with Crippen LogP contribution in [-0.2, 0) is 4.79 Å². The molecule has 29 heavy (non-hydrogen) atoms. The van der Waals surface area contributed by atoms with Crippen molar-refractivity contribution in [3.05, 3.63) is 94.5 Å². The fraction of sp³-hybridized carbons (Fsp3) is 0.240. The number of aliphatic carboxylic acids is 1. The molecule has 1 aliphatic rings. The van der Waals surface area contributed by atoms with Crippen molar-refractivity contribution in [3.63, 3.8) is 0 Å². The average Bonchev–Trinajstić information content (AvgIpc) is 2.77. The van der Waals surface area contributed by atoms with Crippen molar-refractivity contribution in [2.75, 3.05) is 6.54 Å². The van der Waals surface area contributed by atoms with Gasteiger partial charge in [-0.05, 0) is 47.7 Å². The van der Waals surface area contributed by atoms with Gasteiger partial charge in [-0.2, -0.15) is 0 Å². The Morgan fingerprint density at radius 3 is 2.24 bits per heavy atom. The summed E-state index contributed by atoms with van der Waals surface area (Å²) in [5, 5.41) is 9.86. The van der Waals surface area contributed by atoms with Crippen LogP contribution < -0.4 is 0 Å². The summed E-state index contributed by atoms with van der Waals surface area (Å²) < 4.78 is 1.01. The van der Waals surface area contributed by atoms with Gasteiger partial charge in [0, 0.05) is 4.47 Å². The summed E-state index contributed by atoms with van der Waals surface area (Å²) in [6.07, 6.45) is 2.67. The summed E-state index contributed by atoms with van der Waals surface area (Å²) in [7, 11) is 0. The predicted octanol–water partition coefficient (Wildman–Crippen LogP) is 6.14. The third kappa shape index (κ3) is 4.29. The number of benzene rings is 3. The van der Waals surface area contributed by atoms with Crippen molar-refractivity contribution in [3.8, 4) is 11.1 Å². The smallest absolute Gasteiger partial charge is 0.320 e. The highest BCUT2D eigenvalue weighted by Gasteiger charge is 2.35. The number of hydrogen-bond donors (Lipinski definition) is 1. The molecule has 4 rings (SSSR count). The van der Waals surface area contributed by atoms with Gasteiger partial charge in [-0.3, -0.25) is 9.69 Å². The maximum absolute atomic E-state index is 12.0. The van der Waals surface area contributed by atoms with E-state index in [1.165, 1.54) is 5.56 Å². The Hall–Kier alpha value is -2.43. The second-order valence-electron chi connectivity index (χ2n) is 7.50. The van der Waals surface area contributed by atoms with Crippen LogP contribution in [0.3, 0.4) is 0 Å². The molecule has 0 aliphatic carbocycles. The van der Waals surface area contributed by atoms with Crippen LogP contribution in [0.5, 0.6) is 0 Å². The highest BCUT2D eigenvalue weighted by molar-refractivity contribution is 9.10. The van der Waals surface area contributed by atoms with Crippen molar-refractivity contribution in [1.29, 1.82) is 0 Å². The third-order valence-electron chi connectivity index (χ3n) is 5.69. The lowest BCUT2D eigenvalue weighted by molar-refractivity contribution is -0.145. The Morgan fingerprint density at radius 1 is 0.897 bits per heavy atom. The van der Waals surface area contributed by atoms with Crippen LogP contribution >= 0.6 is 15.9 Å². The molecular weight excluding hydrogens is 426 g/mol. The molecular formula is C25H24BrNO2. The molecule has 2 unspecified atom stereocenters. The highest BCUT2D eigenvalue weighted by atomic mass is 79.9. The Morgan fingerprint density at radius 2 is 1.55 bits per heavy atom. The molecule has 4 heteroatoms. The van der Waals surface area contributed by atoms with Gasteiger partial charge in [0.2, 0.25) is 0 Å². The summed E-state index contributed by atoms with van der Waals surface area (Å²) in [6, 6.07) is 26.4. The summed E-state index contributed by atoms with van der Waals surface area (Å²) >= 11 is 3.69. The minimum absolute atomic E-state index is 0.100. The lowest BCUT2D eigenvalue weighted by atomic mass is 9.91. The lowest BCUT2D eigenvalue weighted by Gasteiger charge is -2.40. The van der Waals surface area contributed by atoms with Gasteiger partial charge in [0.05, 0.1) is 6.04 Å². The van der Waals surface area contributed by atoms with E-state index in [1.54, 1.807) is 0 Å². The SMILES string of the molecule is O=C(O)C1CCCCN1C(c1ccc(-c2ccccc2)cc1)c1ccccc1Br. The number of rotatable bonds is 5. The van der Waals surface area contributed by atoms with Crippen molar-refractivity contribution < 1.29 is 9.90 Å². The zero-order chi connectivity index (χ0) is 20.2. The zero-order valence-electron chi connectivity index (χ0n) is 16.2. The quantitative estimate of drug-likeness (QED) is 0.507. The molecule has 1 fully saturated rings. The molecule has 1 heterocycles. The molecule has 0 amide bonds. The first-order valence-corrected chi connectivity index (χ1v) is 10.8. The highest BCUT2D eigenvalue weighted by Crippen LogP contribution is 2.38. The van der Waals surface area contributed by atoms with Gasteiger partial charge in [-0.15, -0.1) is 0 Å². The monoisotopic (exact) mass is 449 g/mol. The molecule has 148 valence electrons. The van der Waals surface area contributed by atoms with E-state index in [2.05, 4.69) is 63.3 Å². The number of carbonyl (C=O) groups is 1. The fourth-order valence-corrected chi connectivity index (χ4v) is 4.76. The van der Waals surface area contributed by atoms with Crippen LogP contribution in [0.2, 0.25) is 0 Å². The molecule has 1 saturated heterocycles. The van der Waals surface area contributed by atoms with Crippen molar-refractivity contribution in [2.45, 2.75) is 31.3 Å². The molecule has 0 bridgehead atoms. The van der Waals surface area contributed by atoms with Crippen molar-refractivity contribution in [1.82, 2.24) is 4.90 Å². The Balaban J connectivity index is 1.76. The van der Waals surface area contributed by atoms with E-state index in [4.69, 9.17) is 0 Å². The van der Waals surface area contributed by atoms with E-state index in [0.717, 1.165) is 40.5 Å². The second-order valence-corrected chi connectivity index (χ2v) is 8.35. The number of carboxylic acid groups (broad SMARTS) is 1. The molecule has 1 aliphatic heterocycles. The van der Waals surface area contributed by atoms with E-state index < -0.39 is 12.0 Å². The lowest BCUT2D eigenvalue weighted by Crippen LogP contribution is -2.46. The standard InChI is InChI=1S/C25H24BrNO2/c26-22-11-5-4-10-21(22)24(27-17-7-6-12-23(27)25(28)29)20-15-13-19(14-16-20)18-8-2-1-3-9-18/h1-5,8-11,13-16,23-24H,6-7,12,17H2,(H,28,29). The van der Waals surface area contributed by atoms with Gasteiger partial charge < -0.3 is 5.11 Å². The molecule has 3 aromatic carbocycles. The Bertz CT molecular complexity index is 972. The number of halogens is 1. The van der Waals surface area contributed by atoms with Gasteiger partial charge in [0.25, 0.3) is 0 Å². The number of hydrogen-bond acceptors (Lipinski definition) is 2. The van der Waals surface area contributed by atoms with Crippen LogP contribution in [0.1, 0.15) is 36.4 Å². The second kappa shape index (κ2) is 8.93. The first-order chi connectivity index (χ1) is 14.1.